The van der Waals surface area contributed by atoms with Crippen molar-refractivity contribution in [3.63, 3.8) is 0 Å². The Morgan fingerprint density at radius 2 is 2.00 bits per heavy atom. The maximum absolute atomic E-state index is 13.6. The molecule has 116 valence electrons. The molecule has 0 saturated heterocycles. The highest BCUT2D eigenvalue weighted by molar-refractivity contribution is 6.30. The fraction of sp³-hybridized carbons (Fsp3) is 0.188. The number of benzene rings is 2. The molecule has 1 unspecified atom stereocenters. The number of rotatable bonds is 5. The fourth-order valence-electron chi connectivity index (χ4n) is 1.98. The number of nitrogens with one attached hydrogen (secondary N) is 1. The van der Waals surface area contributed by atoms with E-state index in [1.165, 1.54) is 19.2 Å². The minimum atomic E-state index is -0.623. The van der Waals surface area contributed by atoms with E-state index >= 15 is 0 Å². The van der Waals surface area contributed by atoms with Gasteiger partial charge in [0.15, 0.2) is 11.6 Å². The molecule has 4 nitrogen and oxygen atoms in total. The normalized spacial score (nSPS) is 11.8. The van der Waals surface area contributed by atoms with Gasteiger partial charge in [-0.3, -0.25) is 4.79 Å². The van der Waals surface area contributed by atoms with Crippen molar-refractivity contribution in [2.24, 2.45) is 0 Å². The van der Waals surface area contributed by atoms with E-state index in [4.69, 9.17) is 16.3 Å². The maximum Gasteiger partial charge on any atom is 0.251 e. The predicted octanol–water partition coefficient (Wildman–Crippen LogP) is 2.95. The topological polar surface area (TPSA) is 58.6 Å². The zero-order valence-electron chi connectivity index (χ0n) is 11.8. The average Bonchev–Trinajstić information content (AvgIpc) is 2.53. The van der Waals surface area contributed by atoms with E-state index < -0.39 is 17.8 Å². The van der Waals surface area contributed by atoms with Gasteiger partial charge < -0.3 is 15.2 Å². The van der Waals surface area contributed by atoms with Crippen LogP contribution < -0.4 is 10.1 Å². The van der Waals surface area contributed by atoms with Gasteiger partial charge in [0.25, 0.3) is 5.91 Å². The summed E-state index contributed by atoms with van der Waals surface area (Å²) in [7, 11) is 1.35. The van der Waals surface area contributed by atoms with Crippen LogP contribution in [-0.2, 0) is 0 Å². The molecule has 0 spiro atoms. The van der Waals surface area contributed by atoms with Gasteiger partial charge in [-0.2, -0.15) is 0 Å². The molecule has 2 aromatic carbocycles. The molecule has 0 heterocycles. The molecule has 0 radical (unpaired) electrons. The Labute approximate surface area is 132 Å². The molecule has 1 amide bonds. The third-order valence-electron chi connectivity index (χ3n) is 3.17. The van der Waals surface area contributed by atoms with Crippen molar-refractivity contribution in [1.82, 2.24) is 5.32 Å². The summed E-state index contributed by atoms with van der Waals surface area (Å²) in [6, 6.07) is 10.1. The number of ether oxygens (including phenoxy) is 1. The molecule has 0 fully saturated rings. The lowest BCUT2D eigenvalue weighted by Gasteiger charge is -2.17. The summed E-state index contributed by atoms with van der Waals surface area (Å²) in [5, 5.41) is 12.6. The Morgan fingerprint density at radius 3 is 2.55 bits per heavy atom. The highest BCUT2D eigenvalue weighted by atomic mass is 35.5. The van der Waals surface area contributed by atoms with Gasteiger partial charge in [0.1, 0.15) is 0 Å². The number of carbonyl (C=O) groups excluding carboxylic acids is 1. The number of amides is 1. The standard InChI is InChI=1S/C16H15ClFNO3/c1-22-15-7-4-11(8-13(15)18)16(21)19-14(9-20)10-2-5-12(17)6-3-10/h2-8,14,20H,9H2,1H3,(H,19,21). The molecule has 0 aliphatic carbocycles. The molecule has 0 aliphatic rings. The first-order valence-corrected chi connectivity index (χ1v) is 6.93. The van der Waals surface area contributed by atoms with Crippen LogP contribution >= 0.6 is 11.6 Å². The van der Waals surface area contributed by atoms with Crippen molar-refractivity contribution in [3.05, 3.63) is 64.4 Å². The van der Waals surface area contributed by atoms with Crippen molar-refractivity contribution >= 4 is 17.5 Å². The van der Waals surface area contributed by atoms with Gasteiger partial charge >= 0.3 is 0 Å². The highest BCUT2D eigenvalue weighted by Gasteiger charge is 2.16. The van der Waals surface area contributed by atoms with Crippen molar-refractivity contribution in [1.29, 1.82) is 0 Å². The number of aliphatic hydroxyl groups is 1. The van der Waals surface area contributed by atoms with Gasteiger partial charge in [-0.05, 0) is 35.9 Å². The zero-order valence-corrected chi connectivity index (χ0v) is 12.6. The van der Waals surface area contributed by atoms with Gasteiger partial charge in [-0.15, -0.1) is 0 Å². The molecule has 22 heavy (non-hydrogen) atoms. The molecular formula is C16H15ClFNO3. The van der Waals surface area contributed by atoms with Crippen LogP contribution in [0.2, 0.25) is 5.02 Å². The first-order chi connectivity index (χ1) is 10.5. The number of methoxy groups -OCH3 is 1. The summed E-state index contributed by atoms with van der Waals surface area (Å²) in [4.78, 5) is 12.2. The Hall–Kier alpha value is -2.11. The molecule has 1 atom stereocenters. The van der Waals surface area contributed by atoms with Crippen LogP contribution in [0.1, 0.15) is 22.0 Å². The Morgan fingerprint density at radius 1 is 1.32 bits per heavy atom. The highest BCUT2D eigenvalue weighted by Crippen LogP contribution is 2.20. The summed E-state index contributed by atoms with van der Waals surface area (Å²) in [6.45, 7) is -0.286. The molecule has 2 rings (SSSR count). The molecule has 2 N–H and O–H groups in total. The molecular weight excluding hydrogens is 309 g/mol. The third-order valence-corrected chi connectivity index (χ3v) is 3.43. The summed E-state index contributed by atoms with van der Waals surface area (Å²) in [5.41, 5.74) is 0.847. The van der Waals surface area contributed by atoms with Crippen LogP contribution in [0.3, 0.4) is 0 Å². The fourth-order valence-corrected chi connectivity index (χ4v) is 2.10. The summed E-state index contributed by atoms with van der Waals surface area (Å²) < 4.78 is 18.4. The van der Waals surface area contributed by atoms with Gasteiger partial charge in [0.2, 0.25) is 0 Å². The summed E-state index contributed by atoms with van der Waals surface area (Å²) in [6.07, 6.45) is 0. The van der Waals surface area contributed by atoms with E-state index in [2.05, 4.69) is 5.32 Å². The zero-order chi connectivity index (χ0) is 16.1. The van der Waals surface area contributed by atoms with E-state index in [9.17, 15) is 14.3 Å². The van der Waals surface area contributed by atoms with E-state index in [1.807, 2.05) is 0 Å². The molecule has 0 saturated carbocycles. The van der Waals surface area contributed by atoms with Crippen molar-refractivity contribution in [2.75, 3.05) is 13.7 Å². The first kappa shape index (κ1) is 16.3. The van der Waals surface area contributed by atoms with E-state index in [0.29, 0.717) is 10.6 Å². The van der Waals surface area contributed by atoms with E-state index in [-0.39, 0.29) is 17.9 Å². The first-order valence-electron chi connectivity index (χ1n) is 6.56. The lowest BCUT2D eigenvalue weighted by molar-refractivity contribution is 0.0915. The van der Waals surface area contributed by atoms with Crippen LogP contribution in [0.25, 0.3) is 0 Å². The molecule has 0 bridgehead atoms. The minimum Gasteiger partial charge on any atom is -0.494 e. The largest absolute Gasteiger partial charge is 0.494 e. The van der Waals surface area contributed by atoms with Crippen molar-refractivity contribution < 1.29 is 19.0 Å². The van der Waals surface area contributed by atoms with E-state index in [0.717, 1.165) is 6.07 Å². The van der Waals surface area contributed by atoms with Crippen LogP contribution in [0, 0.1) is 5.82 Å². The number of carbonyl (C=O) groups is 1. The number of aliphatic hydroxyl groups excluding tert-OH is 1. The molecule has 0 aromatic heterocycles. The van der Waals surface area contributed by atoms with Gasteiger partial charge in [0.05, 0.1) is 19.8 Å². The SMILES string of the molecule is COc1ccc(C(=O)NC(CO)c2ccc(Cl)cc2)cc1F. The lowest BCUT2D eigenvalue weighted by atomic mass is 10.1. The van der Waals surface area contributed by atoms with Gasteiger partial charge in [-0.25, -0.2) is 4.39 Å². The predicted molar refractivity (Wildman–Crippen MR) is 81.7 cm³/mol. The second kappa shape index (κ2) is 7.24. The second-order valence-corrected chi connectivity index (χ2v) is 5.05. The monoisotopic (exact) mass is 323 g/mol. The number of halogens is 2. The molecule has 6 heteroatoms. The Kier molecular flexibility index (Phi) is 5.35. The van der Waals surface area contributed by atoms with E-state index in [1.54, 1.807) is 24.3 Å². The Bertz CT molecular complexity index is 661. The summed E-state index contributed by atoms with van der Waals surface area (Å²) in [5.74, 6) is -1.05. The van der Waals surface area contributed by atoms with Gasteiger partial charge in [0, 0.05) is 10.6 Å². The molecule has 0 aliphatic heterocycles. The molecule has 2 aromatic rings. The maximum atomic E-state index is 13.6. The second-order valence-electron chi connectivity index (χ2n) is 4.61. The average molecular weight is 324 g/mol. The van der Waals surface area contributed by atoms with Crippen molar-refractivity contribution in [2.45, 2.75) is 6.04 Å². The number of hydrogen-bond acceptors (Lipinski definition) is 3. The lowest BCUT2D eigenvalue weighted by Crippen LogP contribution is -2.30. The number of hydrogen-bond donors (Lipinski definition) is 2. The van der Waals surface area contributed by atoms with Crippen LogP contribution in [0.15, 0.2) is 42.5 Å². The smallest absolute Gasteiger partial charge is 0.251 e. The Balaban J connectivity index is 2.15. The third kappa shape index (κ3) is 3.75. The van der Waals surface area contributed by atoms with Crippen LogP contribution in [0.5, 0.6) is 5.75 Å². The summed E-state index contributed by atoms with van der Waals surface area (Å²) >= 11 is 5.80. The quantitative estimate of drug-likeness (QED) is 0.889. The van der Waals surface area contributed by atoms with Crippen molar-refractivity contribution in [3.8, 4) is 5.75 Å². The van der Waals surface area contributed by atoms with Crippen LogP contribution in [0.4, 0.5) is 4.39 Å². The van der Waals surface area contributed by atoms with Gasteiger partial charge in [-0.1, -0.05) is 23.7 Å². The minimum absolute atomic E-state index is 0.0629. The van der Waals surface area contributed by atoms with Crippen LogP contribution in [-0.4, -0.2) is 24.7 Å².